The largest absolute Gasteiger partial charge is 0.0764 e. The lowest BCUT2D eigenvalue weighted by atomic mass is 9.78. The number of hydrogen-bond acceptors (Lipinski definition) is 0. The number of hydrogen-bond donors (Lipinski definition) is 0. The Balaban J connectivity index is 2.14. The van der Waals surface area contributed by atoms with Crippen LogP contribution in [-0.4, -0.2) is 0 Å². The lowest BCUT2D eigenvalue weighted by Crippen LogP contribution is -2.12. The van der Waals surface area contributed by atoms with Gasteiger partial charge in [0.2, 0.25) is 0 Å². The van der Waals surface area contributed by atoms with E-state index in [1.165, 1.54) is 39.0 Å². The van der Waals surface area contributed by atoms with Crippen LogP contribution in [-0.2, 0) is 0 Å². The fourth-order valence-corrected chi connectivity index (χ4v) is 4.26. The van der Waals surface area contributed by atoms with Crippen molar-refractivity contribution in [1.29, 1.82) is 0 Å². The second-order valence-corrected chi connectivity index (χ2v) is 9.13. The van der Waals surface area contributed by atoms with Crippen molar-refractivity contribution < 1.29 is 0 Å². The zero-order valence-corrected chi connectivity index (χ0v) is 17.4. The molecular formula is C26H32. The van der Waals surface area contributed by atoms with Crippen LogP contribution in [0.2, 0.25) is 0 Å². The fourth-order valence-electron chi connectivity index (χ4n) is 4.26. The Hall–Kier alpha value is -2.08. The summed E-state index contributed by atoms with van der Waals surface area (Å²) in [6.07, 6.45) is 7.23. The van der Waals surface area contributed by atoms with E-state index in [4.69, 9.17) is 0 Å². The SMILES string of the molecule is Cc1cc(C)cc(C(c2cc(C)cc(C)c2)C2C=CC(C(C)(C)C)=C2)c1. The van der Waals surface area contributed by atoms with Gasteiger partial charge in [-0.3, -0.25) is 0 Å². The molecule has 1 aliphatic carbocycles. The van der Waals surface area contributed by atoms with E-state index in [-0.39, 0.29) is 5.41 Å². The van der Waals surface area contributed by atoms with Crippen LogP contribution in [0.1, 0.15) is 60.1 Å². The number of rotatable bonds is 3. The van der Waals surface area contributed by atoms with Gasteiger partial charge in [0.1, 0.15) is 0 Å². The first kappa shape index (κ1) is 18.7. The minimum absolute atomic E-state index is 0.195. The van der Waals surface area contributed by atoms with E-state index in [0.717, 1.165) is 0 Å². The molecule has 0 aromatic heterocycles. The average Bonchev–Trinajstić information content (AvgIpc) is 2.95. The molecule has 0 aliphatic heterocycles. The standard InChI is InChI=1S/C26H32/c1-17-10-18(2)13-22(12-17)25(23-14-19(3)11-20(4)15-23)21-8-9-24(16-21)26(5,6)7/h8-16,21,25H,1-7H3. The fraction of sp³-hybridized carbons (Fsp3) is 0.385. The van der Waals surface area contributed by atoms with Crippen LogP contribution in [0.5, 0.6) is 0 Å². The summed E-state index contributed by atoms with van der Waals surface area (Å²) in [6, 6.07) is 14.0. The Bertz CT molecular complexity index is 779. The van der Waals surface area contributed by atoms with E-state index in [0.29, 0.717) is 11.8 Å². The van der Waals surface area contributed by atoms with Crippen LogP contribution in [0.3, 0.4) is 0 Å². The van der Waals surface area contributed by atoms with E-state index in [9.17, 15) is 0 Å². The van der Waals surface area contributed by atoms with Crippen molar-refractivity contribution in [3.05, 3.63) is 93.6 Å². The molecule has 0 N–H and O–H groups in total. The smallest absolute Gasteiger partial charge is 0.0187 e. The highest BCUT2D eigenvalue weighted by molar-refractivity contribution is 5.45. The third-order valence-corrected chi connectivity index (χ3v) is 5.33. The average molecular weight is 345 g/mol. The van der Waals surface area contributed by atoms with Gasteiger partial charge < -0.3 is 0 Å². The molecule has 3 rings (SSSR count). The van der Waals surface area contributed by atoms with Gasteiger partial charge in [-0.1, -0.05) is 97.7 Å². The van der Waals surface area contributed by atoms with Crippen molar-refractivity contribution in [2.75, 3.05) is 0 Å². The molecule has 136 valence electrons. The maximum Gasteiger partial charge on any atom is 0.0187 e. The van der Waals surface area contributed by atoms with Crippen LogP contribution >= 0.6 is 0 Å². The van der Waals surface area contributed by atoms with E-state index in [2.05, 4.69) is 103 Å². The molecule has 1 aliphatic rings. The monoisotopic (exact) mass is 344 g/mol. The summed E-state index contributed by atoms with van der Waals surface area (Å²) < 4.78 is 0. The van der Waals surface area contributed by atoms with E-state index in [1.807, 2.05) is 0 Å². The van der Waals surface area contributed by atoms with Crippen molar-refractivity contribution in [2.45, 2.75) is 54.4 Å². The Morgan fingerprint density at radius 3 is 1.46 bits per heavy atom. The van der Waals surface area contributed by atoms with Crippen molar-refractivity contribution >= 4 is 0 Å². The van der Waals surface area contributed by atoms with Gasteiger partial charge in [-0.15, -0.1) is 0 Å². The molecule has 0 amide bonds. The molecule has 0 radical (unpaired) electrons. The van der Waals surface area contributed by atoms with Gasteiger partial charge in [-0.05, 0) is 49.8 Å². The maximum absolute atomic E-state index is 2.49. The molecule has 0 heterocycles. The van der Waals surface area contributed by atoms with Gasteiger partial charge in [0.05, 0.1) is 0 Å². The molecule has 0 heteroatoms. The van der Waals surface area contributed by atoms with E-state index < -0.39 is 0 Å². The summed E-state index contributed by atoms with van der Waals surface area (Å²) in [4.78, 5) is 0. The molecule has 2 aromatic rings. The van der Waals surface area contributed by atoms with E-state index in [1.54, 1.807) is 0 Å². The van der Waals surface area contributed by atoms with Crippen molar-refractivity contribution in [3.8, 4) is 0 Å². The highest BCUT2D eigenvalue weighted by Crippen LogP contribution is 2.41. The second-order valence-electron chi connectivity index (χ2n) is 9.13. The minimum Gasteiger partial charge on any atom is -0.0764 e. The predicted molar refractivity (Wildman–Crippen MR) is 114 cm³/mol. The third-order valence-electron chi connectivity index (χ3n) is 5.33. The van der Waals surface area contributed by atoms with Crippen molar-refractivity contribution in [3.63, 3.8) is 0 Å². The summed E-state index contributed by atoms with van der Waals surface area (Å²) >= 11 is 0. The molecule has 1 unspecified atom stereocenters. The number of aryl methyl sites for hydroxylation is 4. The lowest BCUT2D eigenvalue weighted by Gasteiger charge is -2.25. The predicted octanol–water partition coefficient (Wildman–Crippen LogP) is 7.21. The highest BCUT2D eigenvalue weighted by Gasteiger charge is 2.28. The van der Waals surface area contributed by atoms with Crippen molar-refractivity contribution in [1.82, 2.24) is 0 Å². The lowest BCUT2D eigenvalue weighted by molar-refractivity contribution is 0.515. The first-order chi connectivity index (χ1) is 12.1. The first-order valence-corrected chi connectivity index (χ1v) is 9.70. The molecule has 0 bridgehead atoms. The summed E-state index contributed by atoms with van der Waals surface area (Å²) in [7, 11) is 0. The Labute approximate surface area is 159 Å². The number of allylic oxidation sites excluding steroid dienone is 4. The summed E-state index contributed by atoms with van der Waals surface area (Å²) in [5.41, 5.74) is 9.87. The summed E-state index contributed by atoms with van der Waals surface area (Å²) in [5.74, 6) is 0.773. The zero-order chi connectivity index (χ0) is 19.1. The highest BCUT2D eigenvalue weighted by atomic mass is 14.3. The molecule has 0 saturated heterocycles. The minimum atomic E-state index is 0.195. The maximum atomic E-state index is 2.49. The molecule has 26 heavy (non-hydrogen) atoms. The quantitative estimate of drug-likeness (QED) is 0.552. The second kappa shape index (κ2) is 6.91. The molecule has 0 spiro atoms. The first-order valence-electron chi connectivity index (χ1n) is 9.70. The van der Waals surface area contributed by atoms with Crippen molar-refractivity contribution in [2.24, 2.45) is 11.3 Å². The van der Waals surface area contributed by atoms with Crippen LogP contribution in [0.4, 0.5) is 0 Å². The topological polar surface area (TPSA) is 0 Å². The van der Waals surface area contributed by atoms with Gasteiger partial charge in [-0.25, -0.2) is 0 Å². The molecular weight excluding hydrogens is 312 g/mol. The summed E-state index contributed by atoms with van der Waals surface area (Å²) in [5, 5.41) is 0. The Kier molecular flexibility index (Phi) is 4.97. The molecule has 0 fully saturated rings. The van der Waals surface area contributed by atoms with Gasteiger partial charge in [0.25, 0.3) is 0 Å². The van der Waals surface area contributed by atoms with Gasteiger partial charge in [0.15, 0.2) is 0 Å². The number of benzene rings is 2. The normalized spacial score (nSPS) is 17.1. The summed E-state index contributed by atoms with van der Waals surface area (Å²) in [6.45, 7) is 15.7. The zero-order valence-electron chi connectivity index (χ0n) is 17.4. The van der Waals surface area contributed by atoms with Crippen LogP contribution in [0.15, 0.2) is 60.2 Å². The molecule has 2 aromatic carbocycles. The Morgan fingerprint density at radius 1 is 0.692 bits per heavy atom. The van der Waals surface area contributed by atoms with Crippen LogP contribution in [0, 0.1) is 39.0 Å². The molecule has 0 saturated carbocycles. The van der Waals surface area contributed by atoms with Crippen LogP contribution < -0.4 is 0 Å². The van der Waals surface area contributed by atoms with E-state index >= 15 is 0 Å². The van der Waals surface area contributed by atoms with Gasteiger partial charge in [0, 0.05) is 11.8 Å². The molecule has 0 nitrogen and oxygen atoms in total. The Morgan fingerprint density at radius 2 is 1.12 bits per heavy atom. The van der Waals surface area contributed by atoms with Gasteiger partial charge >= 0.3 is 0 Å². The molecule has 1 atom stereocenters. The third kappa shape index (κ3) is 4.01. The van der Waals surface area contributed by atoms with Crippen LogP contribution in [0.25, 0.3) is 0 Å². The van der Waals surface area contributed by atoms with Gasteiger partial charge in [-0.2, -0.15) is 0 Å².